The lowest BCUT2D eigenvalue weighted by atomic mass is 9.82. The summed E-state index contributed by atoms with van der Waals surface area (Å²) in [5.41, 5.74) is 3.14. The molecule has 3 amide bonds. The van der Waals surface area contributed by atoms with E-state index in [2.05, 4.69) is 10.3 Å². The highest BCUT2D eigenvalue weighted by Gasteiger charge is 2.66. The van der Waals surface area contributed by atoms with Crippen LogP contribution in [0.3, 0.4) is 0 Å². The predicted octanol–water partition coefficient (Wildman–Crippen LogP) is 5.84. The number of fused-ring (bicyclic) bond motifs is 2. The SMILES string of the molecule is C[C@H]1[C@H]([Si](C)(C)O)[C@@H](CCn2cc(CCO)nn2)O[C@]12C(=O)N(Cc1ccc(N3CCCCCCC3=O)cc1)c1ccc(N3CCCCCCC3=O)cc12. The summed E-state index contributed by atoms with van der Waals surface area (Å²) in [6.07, 6.45) is 11.4. The molecule has 0 radical (unpaired) electrons. The number of anilines is 3. The van der Waals surface area contributed by atoms with Crippen LogP contribution in [0.2, 0.25) is 18.6 Å². The molecule has 3 aromatic rings. The highest BCUT2D eigenvalue weighted by Crippen LogP contribution is 2.60. The van der Waals surface area contributed by atoms with Crippen molar-refractivity contribution in [1.29, 1.82) is 0 Å². The molecular formula is C41H56N6O6Si. The van der Waals surface area contributed by atoms with Crippen LogP contribution < -0.4 is 14.7 Å². The molecular weight excluding hydrogens is 701 g/mol. The first-order valence-electron chi connectivity index (χ1n) is 20.1. The summed E-state index contributed by atoms with van der Waals surface area (Å²) < 4.78 is 8.86. The van der Waals surface area contributed by atoms with E-state index in [0.29, 0.717) is 57.6 Å². The molecule has 3 fully saturated rings. The van der Waals surface area contributed by atoms with Crippen LogP contribution in [0.1, 0.15) is 94.4 Å². The third kappa shape index (κ3) is 7.52. The van der Waals surface area contributed by atoms with Crippen LogP contribution in [0, 0.1) is 5.92 Å². The van der Waals surface area contributed by atoms with Gasteiger partial charge in [-0.3, -0.25) is 19.1 Å². The molecule has 0 bridgehead atoms. The highest BCUT2D eigenvalue weighted by molar-refractivity contribution is 6.71. The van der Waals surface area contributed by atoms with Crippen molar-refractivity contribution in [2.45, 2.75) is 127 Å². The lowest BCUT2D eigenvalue weighted by Gasteiger charge is -2.33. The summed E-state index contributed by atoms with van der Waals surface area (Å²) >= 11 is 0. The van der Waals surface area contributed by atoms with Gasteiger partial charge in [-0.05, 0) is 81.1 Å². The van der Waals surface area contributed by atoms with Crippen molar-refractivity contribution in [3.63, 3.8) is 0 Å². The molecule has 3 saturated heterocycles. The molecule has 0 saturated carbocycles. The zero-order valence-electron chi connectivity index (χ0n) is 32.1. The first-order valence-corrected chi connectivity index (χ1v) is 23.1. The normalized spacial score (nSPS) is 25.5. The Hall–Kier alpha value is -3.91. The summed E-state index contributed by atoms with van der Waals surface area (Å²) in [5, 5.41) is 17.8. The van der Waals surface area contributed by atoms with Gasteiger partial charge in [0.05, 0.1) is 24.0 Å². The number of hydrogen-bond acceptors (Lipinski definition) is 8. The minimum atomic E-state index is -2.91. The van der Waals surface area contributed by atoms with Crippen molar-refractivity contribution in [3.05, 3.63) is 65.5 Å². The number of ether oxygens (including phenoxy) is 1. The van der Waals surface area contributed by atoms with Gasteiger partial charge >= 0.3 is 0 Å². The maximum atomic E-state index is 15.2. The topological polar surface area (TPSA) is 141 Å². The van der Waals surface area contributed by atoms with Crippen LogP contribution >= 0.6 is 0 Å². The lowest BCUT2D eigenvalue weighted by molar-refractivity contribution is -0.146. The largest absolute Gasteiger partial charge is 0.432 e. The Morgan fingerprint density at radius 3 is 2.15 bits per heavy atom. The molecule has 7 rings (SSSR count). The second-order valence-electron chi connectivity index (χ2n) is 16.3. The van der Waals surface area contributed by atoms with Gasteiger partial charge in [-0.15, -0.1) is 5.10 Å². The Kier molecular flexibility index (Phi) is 11.4. The standard InChI is InChI=1S/C41H56N6O6Si/c1-29-39(54(2,3)52)36(20-24-44-28-31(21-25-48)42-43-44)53-41(29)34-26-33(46-23-11-7-5-9-13-38(46)50)18-19-35(34)47(40(41)51)27-30-14-16-32(17-15-30)45-22-10-6-4-8-12-37(45)49/h14-19,26,28-29,36,39,48,52H,4-13,20-25,27H2,1-3H3/t29-,36+,39-,41+/m0/s1. The number of carbonyl (C=O) groups excluding carboxylic acids is 3. The molecule has 1 spiro atoms. The molecule has 4 aliphatic rings. The van der Waals surface area contributed by atoms with E-state index in [1.807, 2.05) is 83.4 Å². The van der Waals surface area contributed by atoms with E-state index in [1.54, 1.807) is 4.68 Å². The molecule has 12 nitrogen and oxygen atoms in total. The number of aryl methyl sites for hydroxylation is 1. The van der Waals surface area contributed by atoms with E-state index in [1.165, 1.54) is 0 Å². The summed E-state index contributed by atoms with van der Waals surface area (Å²) in [5.74, 6) is -0.272. The van der Waals surface area contributed by atoms with Crippen LogP contribution in [0.15, 0.2) is 48.7 Å². The number of rotatable bonds is 10. The lowest BCUT2D eigenvalue weighted by Crippen LogP contribution is -2.46. The molecule has 0 unspecified atom stereocenters. The maximum absolute atomic E-state index is 15.2. The van der Waals surface area contributed by atoms with E-state index in [9.17, 15) is 19.5 Å². The van der Waals surface area contributed by atoms with Crippen molar-refractivity contribution < 1.29 is 29.0 Å². The van der Waals surface area contributed by atoms with Gasteiger partial charge in [0.15, 0.2) is 13.9 Å². The Morgan fingerprint density at radius 1 is 0.870 bits per heavy atom. The molecule has 0 aliphatic carbocycles. The number of amides is 3. The van der Waals surface area contributed by atoms with Crippen molar-refractivity contribution in [2.75, 3.05) is 34.4 Å². The number of aliphatic hydroxyl groups is 1. The number of nitrogens with zero attached hydrogens (tertiary/aromatic N) is 6. The third-order valence-electron chi connectivity index (χ3n) is 12.1. The zero-order valence-corrected chi connectivity index (χ0v) is 33.1. The average Bonchev–Trinajstić information content (AvgIpc) is 3.77. The average molecular weight is 757 g/mol. The summed E-state index contributed by atoms with van der Waals surface area (Å²) in [4.78, 5) is 59.0. The van der Waals surface area contributed by atoms with Gasteiger partial charge in [0, 0.05) is 80.1 Å². The molecule has 2 aromatic carbocycles. The first kappa shape index (κ1) is 38.4. The van der Waals surface area contributed by atoms with Gasteiger partial charge < -0.3 is 29.3 Å². The second-order valence-corrected chi connectivity index (χ2v) is 20.2. The molecule has 5 heterocycles. The first-order chi connectivity index (χ1) is 26.0. The number of hydrogen-bond donors (Lipinski definition) is 2. The number of aliphatic hydroxyl groups excluding tert-OH is 1. The second kappa shape index (κ2) is 16.1. The van der Waals surface area contributed by atoms with Crippen LogP contribution in [0.25, 0.3) is 0 Å². The van der Waals surface area contributed by atoms with E-state index >= 15 is 4.79 Å². The monoisotopic (exact) mass is 756 g/mol. The van der Waals surface area contributed by atoms with Crippen molar-refractivity contribution in [2.24, 2.45) is 5.92 Å². The molecule has 1 aromatic heterocycles. The minimum Gasteiger partial charge on any atom is -0.432 e. The Bertz CT molecular complexity index is 1830. The number of carbonyl (C=O) groups is 3. The highest BCUT2D eigenvalue weighted by atomic mass is 28.4. The minimum absolute atomic E-state index is 0.0118. The fraction of sp³-hybridized carbons (Fsp3) is 0.585. The van der Waals surface area contributed by atoms with Gasteiger partial charge in [0.2, 0.25) is 11.8 Å². The number of aromatic nitrogens is 3. The molecule has 2 N–H and O–H groups in total. The molecule has 4 atom stereocenters. The molecule has 4 aliphatic heterocycles. The zero-order chi connectivity index (χ0) is 38.0. The van der Waals surface area contributed by atoms with Crippen LogP contribution in [-0.2, 0) is 44.2 Å². The van der Waals surface area contributed by atoms with Gasteiger partial charge in [-0.25, -0.2) is 0 Å². The van der Waals surface area contributed by atoms with E-state index < -0.39 is 20.0 Å². The van der Waals surface area contributed by atoms with E-state index in [4.69, 9.17) is 4.74 Å². The summed E-state index contributed by atoms with van der Waals surface area (Å²) in [6, 6.07) is 13.9. The maximum Gasteiger partial charge on any atom is 0.264 e. The smallest absolute Gasteiger partial charge is 0.264 e. The molecule has 13 heteroatoms. The summed E-state index contributed by atoms with van der Waals surface area (Å²) in [6.45, 7) is 7.99. The Morgan fingerprint density at radius 2 is 1.50 bits per heavy atom. The molecule has 54 heavy (non-hydrogen) atoms. The third-order valence-corrected chi connectivity index (χ3v) is 14.6. The molecule has 290 valence electrons. The van der Waals surface area contributed by atoms with Gasteiger partial charge in [-0.1, -0.05) is 50.0 Å². The van der Waals surface area contributed by atoms with Crippen LogP contribution in [0.4, 0.5) is 17.1 Å². The van der Waals surface area contributed by atoms with Gasteiger partial charge in [0.1, 0.15) is 0 Å². The van der Waals surface area contributed by atoms with E-state index in [-0.39, 0.29) is 35.8 Å². The summed E-state index contributed by atoms with van der Waals surface area (Å²) in [7, 11) is -2.91. The van der Waals surface area contributed by atoms with Crippen molar-refractivity contribution in [1.82, 2.24) is 15.0 Å². The predicted molar refractivity (Wildman–Crippen MR) is 210 cm³/mol. The van der Waals surface area contributed by atoms with Crippen LogP contribution in [0.5, 0.6) is 0 Å². The van der Waals surface area contributed by atoms with Crippen molar-refractivity contribution >= 4 is 43.1 Å². The Balaban J connectivity index is 1.24. The Labute approximate surface area is 319 Å². The van der Waals surface area contributed by atoms with Crippen LogP contribution in [-0.4, -0.2) is 76.7 Å². The quantitative estimate of drug-likeness (QED) is 0.246. The van der Waals surface area contributed by atoms with Crippen molar-refractivity contribution in [3.8, 4) is 0 Å². The fourth-order valence-corrected chi connectivity index (χ4v) is 12.0. The van der Waals surface area contributed by atoms with E-state index in [0.717, 1.165) is 79.6 Å². The number of benzene rings is 2. The fourth-order valence-electron chi connectivity index (χ4n) is 9.43. The van der Waals surface area contributed by atoms with Gasteiger partial charge in [0.25, 0.3) is 5.91 Å². The van der Waals surface area contributed by atoms with Gasteiger partial charge in [-0.2, -0.15) is 0 Å².